The molecule has 0 saturated carbocycles. The van der Waals surface area contributed by atoms with Crippen molar-refractivity contribution in [3.05, 3.63) is 29.3 Å². The fraction of sp³-hybridized carbons (Fsp3) is 0.400. The predicted octanol–water partition coefficient (Wildman–Crippen LogP) is 2.77. The maximum Gasteiger partial charge on any atom is 0.247 e. The second-order valence-corrected chi connectivity index (χ2v) is 3.41. The summed E-state index contributed by atoms with van der Waals surface area (Å²) in [4.78, 5) is 0. The van der Waals surface area contributed by atoms with Crippen molar-refractivity contribution in [2.24, 2.45) is 0 Å². The number of anilines is 1. The zero-order valence-electron chi connectivity index (χ0n) is 7.35. The van der Waals surface area contributed by atoms with Crippen LogP contribution in [0.25, 0.3) is 0 Å². The molecule has 1 unspecified atom stereocenters. The largest absolute Gasteiger partial charge is 0.384 e. The summed E-state index contributed by atoms with van der Waals surface area (Å²) in [5.74, 6) is -0.629. The van der Waals surface area contributed by atoms with E-state index in [9.17, 15) is 8.78 Å². The number of hydrogen-bond donors (Lipinski definition) is 1. The number of nitrogens with one attached hydrogen (secondary N) is 1. The van der Waals surface area contributed by atoms with Crippen LogP contribution in [0, 0.1) is 6.92 Å². The first kappa shape index (κ1) is 8.48. The molecule has 0 amide bonds. The molecule has 0 aliphatic carbocycles. The number of rotatable bonds is 1. The Kier molecular flexibility index (Phi) is 1.94. The molecule has 0 spiro atoms. The zero-order valence-corrected chi connectivity index (χ0v) is 7.35. The van der Waals surface area contributed by atoms with Gasteiger partial charge < -0.3 is 5.32 Å². The van der Waals surface area contributed by atoms with E-state index in [1.54, 1.807) is 6.07 Å². The van der Waals surface area contributed by atoms with E-state index in [1.807, 2.05) is 19.1 Å². The number of fused-ring (bicyclic) bond motifs is 1. The Morgan fingerprint density at radius 3 is 2.92 bits per heavy atom. The Morgan fingerprint density at radius 1 is 1.46 bits per heavy atom. The highest BCUT2D eigenvalue weighted by molar-refractivity contribution is 5.59. The third-order valence-corrected chi connectivity index (χ3v) is 2.42. The van der Waals surface area contributed by atoms with E-state index in [-0.39, 0.29) is 0 Å². The van der Waals surface area contributed by atoms with Crippen LogP contribution < -0.4 is 5.32 Å². The highest BCUT2D eigenvalue weighted by Crippen LogP contribution is 2.35. The molecule has 3 heteroatoms. The molecule has 1 N–H and O–H groups in total. The van der Waals surface area contributed by atoms with Crippen LogP contribution in [-0.2, 0) is 0 Å². The summed E-state index contributed by atoms with van der Waals surface area (Å²) in [6.07, 6.45) is -2.27. The van der Waals surface area contributed by atoms with Crippen molar-refractivity contribution in [3.63, 3.8) is 0 Å². The summed E-state index contributed by atoms with van der Waals surface area (Å²) >= 11 is 0. The maximum atomic E-state index is 12.5. The monoisotopic (exact) mass is 183 g/mol. The number of alkyl halides is 2. The first-order chi connectivity index (χ1) is 6.18. The highest BCUT2D eigenvalue weighted by atomic mass is 19.3. The average molecular weight is 183 g/mol. The third kappa shape index (κ3) is 1.39. The Morgan fingerprint density at radius 2 is 2.23 bits per heavy atom. The van der Waals surface area contributed by atoms with Crippen LogP contribution in [-0.4, -0.2) is 13.0 Å². The first-order valence-corrected chi connectivity index (χ1v) is 4.31. The van der Waals surface area contributed by atoms with Crippen molar-refractivity contribution >= 4 is 5.69 Å². The lowest BCUT2D eigenvalue weighted by atomic mass is 10.0. The van der Waals surface area contributed by atoms with Crippen LogP contribution >= 0.6 is 0 Å². The molecule has 2 rings (SSSR count). The van der Waals surface area contributed by atoms with Crippen LogP contribution in [0.15, 0.2) is 18.2 Å². The topological polar surface area (TPSA) is 12.0 Å². The molecular weight excluding hydrogens is 172 g/mol. The molecule has 0 radical (unpaired) electrons. The lowest BCUT2D eigenvalue weighted by molar-refractivity contribution is 0.121. The van der Waals surface area contributed by atoms with Crippen LogP contribution in [0.4, 0.5) is 14.5 Å². The molecule has 0 aromatic heterocycles. The van der Waals surface area contributed by atoms with Gasteiger partial charge in [-0.1, -0.05) is 12.1 Å². The third-order valence-electron chi connectivity index (χ3n) is 2.42. The van der Waals surface area contributed by atoms with Gasteiger partial charge in [-0.2, -0.15) is 0 Å². The van der Waals surface area contributed by atoms with E-state index in [1.165, 1.54) is 0 Å². The van der Waals surface area contributed by atoms with Crippen molar-refractivity contribution in [1.82, 2.24) is 0 Å². The zero-order chi connectivity index (χ0) is 9.42. The van der Waals surface area contributed by atoms with Crippen LogP contribution in [0.2, 0.25) is 0 Å². The normalized spacial score (nSPS) is 20.2. The minimum Gasteiger partial charge on any atom is -0.384 e. The summed E-state index contributed by atoms with van der Waals surface area (Å²) in [5.41, 5.74) is 2.71. The van der Waals surface area contributed by atoms with Gasteiger partial charge >= 0.3 is 0 Å². The van der Waals surface area contributed by atoms with E-state index in [0.29, 0.717) is 6.54 Å². The molecule has 1 nitrogen and oxygen atoms in total. The number of halogens is 2. The Balaban J connectivity index is 2.38. The summed E-state index contributed by atoms with van der Waals surface area (Å²) in [5, 5.41) is 2.99. The van der Waals surface area contributed by atoms with Crippen molar-refractivity contribution in [2.75, 3.05) is 11.9 Å². The molecular formula is C10H11F2N. The van der Waals surface area contributed by atoms with Crippen LogP contribution in [0.3, 0.4) is 0 Å². The van der Waals surface area contributed by atoms with Crippen molar-refractivity contribution in [2.45, 2.75) is 19.3 Å². The van der Waals surface area contributed by atoms with Gasteiger partial charge in [0.15, 0.2) is 0 Å². The van der Waals surface area contributed by atoms with Crippen LogP contribution in [0.5, 0.6) is 0 Å². The summed E-state index contributed by atoms with van der Waals surface area (Å²) in [6, 6.07) is 5.58. The van der Waals surface area contributed by atoms with E-state index in [4.69, 9.17) is 0 Å². The van der Waals surface area contributed by atoms with E-state index < -0.39 is 12.3 Å². The van der Waals surface area contributed by atoms with Crippen molar-refractivity contribution in [3.8, 4) is 0 Å². The van der Waals surface area contributed by atoms with Gasteiger partial charge in [-0.25, -0.2) is 8.78 Å². The van der Waals surface area contributed by atoms with E-state index in [2.05, 4.69) is 5.32 Å². The summed E-state index contributed by atoms with van der Waals surface area (Å²) in [7, 11) is 0. The molecule has 0 saturated heterocycles. The van der Waals surface area contributed by atoms with Gasteiger partial charge in [-0.15, -0.1) is 0 Å². The predicted molar refractivity (Wildman–Crippen MR) is 48.4 cm³/mol. The second-order valence-electron chi connectivity index (χ2n) is 3.41. The molecule has 0 fully saturated rings. The SMILES string of the molecule is Cc1ccc2c(c1)NCC2C(F)F. The van der Waals surface area contributed by atoms with Gasteiger partial charge in [0.1, 0.15) is 0 Å². The molecule has 1 aliphatic heterocycles. The highest BCUT2D eigenvalue weighted by Gasteiger charge is 2.29. The van der Waals surface area contributed by atoms with Gasteiger partial charge in [0.05, 0.1) is 5.92 Å². The molecule has 1 aliphatic rings. The second kappa shape index (κ2) is 2.98. The lowest BCUT2D eigenvalue weighted by Gasteiger charge is -2.07. The number of hydrogen-bond acceptors (Lipinski definition) is 1. The summed E-state index contributed by atoms with van der Waals surface area (Å²) in [6.45, 7) is 2.31. The molecule has 70 valence electrons. The standard InChI is InChI=1S/C10H11F2N/c1-6-2-3-7-8(10(11)12)5-13-9(7)4-6/h2-4,8,10,13H,5H2,1H3. The van der Waals surface area contributed by atoms with Gasteiger partial charge in [-0.3, -0.25) is 0 Å². The van der Waals surface area contributed by atoms with Gasteiger partial charge in [0.2, 0.25) is 6.43 Å². The van der Waals surface area contributed by atoms with Crippen molar-refractivity contribution in [1.29, 1.82) is 0 Å². The molecule has 1 aromatic rings. The number of benzene rings is 1. The first-order valence-electron chi connectivity index (χ1n) is 4.31. The quantitative estimate of drug-likeness (QED) is 0.705. The Hall–Kier alpha value is -1.12. The Labute approximate surface area is 75.8 Å². The molecule has 1 heterocycles. The lowest BCUT2D eigenvalue weighted by Crippen LogP contribution is -2.10. The number of aryl methyl sites for hydroxylation is 1. The minimum atomic E-state index is -2.27. The van der Waals surface area contributed by atoms with Gasteiger partial charge in [0, 0.05) is 12.2 Å². The minimum absolute atomic E-state index is 0.358. The average Bonchev–Trinajstić information content (AvgIpc) is 2.46. The van der Waals surface area contributed by atoms with Crippen LogP contribution in [0.1, 0.15) is 17.0 Å². The fourth-order valence-corrected chi connectivity index (χ4v) is 1.70. The maximum absolute atomic E-state index is 12.5. The molecule has 0 bridgehead atoms. The summed E-state index contributed by atoms with van der Waals surface area (Å²) < 4.78 is 25.0. The fourth-order valence-electron chi connectivity index (χ4n) is 1.70. The van der Waals surface area contributed by atoms with E-state index in [0.717, 1.165) is 16.8 Å². The molecule has 1 atom stereocenters. The smallest absolute Gasteiger partial charge is 0.247 e. The molecule has 1 aromatic carbocycles. The Bertz CT molecular complexity index is 323. The van der Waals surface area contributed by atoms with Gasteiger partial charge in [0.25, 0.3) is 0 Å². The molecule has 13 heavy (non-hydrogen) atoms. The van der Waals surface area contributed by atoms with Gasteiger partial charge in [-0.05, 0) is 24.1 Å². The van der Waals surface area contributed by atoms with Crippen molar-refractivity contribution < 1.29 is 8.78 Å². The van der Waals surface area contributed by atoms with E-state index >= 15 is 0 Å².